The molecular formula is C19H17Cl2N3O. The number of aromatic nitrogens is 2. The van der Waals surface area contributed by atoms with Gasteiger partial charge in [0.25, 0.3) is 5.91 Å². The second-order valence-corrected chi connectivity index (χ2v) is 6.56. The Balaban J connectivity index is 1.52. The Morgan fingerprint density at radius 2 is 1.76 bits per heavy atom. The molecule has 25 heavy (non-hydrogen) atoms. The number of hydrogen-bond donors (Lipinski definition) is 1. The van der Waals surface area contributed by atoms with Crippen LogP contribution >= 0.6 is 23.2 Å². The van der Waals surface area contributed by atoms with Crippen molar-refractivity contribution in [3.05, 3.63) is 87.7 Å². The predicted molar refractivity (Wildman–Crippen MR) is 100 cm³/mol. The molecular weight excluding hydrogens is 357 g/mol. The number of carbonyl (C=O) groups is 1. The number of halogens is 2. The minimum absolute atomic E-state index is 0.0984. The molecule has 0 aliphatic carbocycles. The highest BCUT2D eigenvalue weighted by Gasteiger charge is 2.06. The monoisotopic (exact) mass is 373 g/mol. The summed E-state index contributed by atoms with van der Waals surface area (Å²) in [5.74, 6) is -0.0984. The summed E-state index contributed by atoms with van der Waals surface area (Å²) >= 11 is 12.0. The molecule has 0 aliphatic rings. The second-order valence-electron chi connectivity index (χ2n) is 5.68. The van der Waals surface area contributed by atoms with Gasteiger partial charge in [0.05, 0.1) is 6.54 Å². The molecule has 0 fully saturated rings. The number of nitrogens with one attached hydrogen (secondary N) is 1. The summed E-state index contributed by atoms with van der Waals surface area (Å²) in [7, 11) is 0. The lowest BCUT2D eigenvalue weighted by molar-refractivity contribution is 0.0954. The first-order chi connectivity index (χ1) is 12.1. The van der Waals surface area contributed by atoms with Crippen molar-refractivity contribution < 1.29 is 4.79 Å². The number of nitrogens with zero attached hydrogens (tertiary/aromatic N) is 2. The first kappa shape index (κ1) is 17.5. The Labute approximate surface area is 156 Å². The van der Waals surface area contributed by atoms with E-state index in [4.69, 9.17) is 23.2 Å². The molecule has 6 heteroatoms. The molecule has 0 radical (unpaired) electrons. The van der Waals surface area contributed by atoms with Crippen molar-refractivity contribution >= 4 is 29.1 Å². The summed E-state index contributed by atoms with van der Waals surface area (Å²) in [5, 5.41) is 8.28. The lowest BCUT2D eigenvalue weighted by atomic mass is 10.1. The Morgan fingerprint density at radius 1 is 1.04 bits per heavy atom. The van der Waals surface area contributed by atoms with Crippen LogP contribution in [0.5, 0.6) is 0 Å². The molecule has 3 rings (SSSR count). The van der Waals surface area contributed by atoms with Crippen LogP contribution in [0, 0.1) is 0 Å². The van der Waals surface area contributed by atoms with Crippen LogP contribution in [-0.2, 0) is 13.0 Å². The van der Waals surface area contributed by atoms with Gasteiger partial charge in [0.1, 0.15) is 0 Å². The first-order valence-electron chi connectivity index (χ1n) is 7.90. The molecule has 1 amide bonds. The highest BCUT2D eigenvalue weighted by atomic mass is 35.5. The summed E-state index contributed by atoms with van der Waals surface area (Å²) in [4.78, 5) is 12.2. The zero-order valence-corrected chi connectivity index (χ0v) is 15.0. The lowest BCUT2D eigenvalue weighted by Gasteiger charge is -2.07. The fraction of sp³-hybridized carbons (Fsp3) is 0.158. The molecule has 1 heterocycles. The van der Waals surface area contributed by atoms with Crippen molar-refractivity contribution in [1.29, 1.82) is 0 Å². The van der Waals surface area contributed by atoms with E-state index in [0.717, 1.165) is 11.1 Å². The second kappa shape index (κ2) is 8.19. The number of benzene rings is 2. The molecule has 0 bridgehead atoms. The zero-order valence-electron chi connectivity index (χ0n) is 13.5. The van der Waals surface area contributed by atoms with Gasteiger partial charge in [0.2, 0.25) is 0 Å². The third-order valence-electron chi connectivity index (χ3n) is 3.74. The highest BCUT2D eigenvalue weighted by molar-refractivity contribution is 6.34. The lowest BCUT2D eigenvalue weighted by Crippen LogP contribution is -2.25. The van der Waals surface area contributed by atoms with E-state index in [1.807, 2.05) is 53.3 Å². The van der Waals surface area contributed by atoms with Gasteiger partial charge < -0.3 is 5.32 Å². The van der Waals surface area contributed by atoms with Gasteiger partial charge in [0.15, 0.2) is 0 Å². The average molecular weight is 374 g/mol. The fourth-order valence-electron chi connectivity index (χ4n) is 2.52. The van der Waals surface area contributed by atoms with Crippen LogP contribution in [0.25, 0.3) is 0 Å². The van der Waals surface area contributed by atoms with Gasteiger partial charge in [0, 0.05) is 34.5 Å². The quantitative estimate of drug-likeness (QED) is 0.703. The molecule has 0 spiro atoms. The van der Waals surface area contributed by atoms with Crippen molar-refractivity contribution in [3.63, 3.8) is 0 Å². The average Bonchev–Trinajstić information content (AvgIpc) is 3.07. The fourth-order valence-corrected chi connectivity index (χ4v) is 3.09. The Bertz CT molecular complexity index is 825. The van der Waals surface area contributed by atoms with Crippen molar-refractivity contribution in [2.45, 2.75) is 13.0 Å². The van der Waals surface area contributed by atoms with Crippen LogP contribution in [0.4, 0.5) is 0 Å². The van der Waals surface area contributed by atoms with E-state index in [1.54, 1.807) is 12.3 Å². The van der Waals surface area contributed by atoms with E-state index in [2.05, 4.69) is 10.4 Å². The van der Waals surface area contributed by atoms with Gasteiger partial charge in [-0.15, -0.1) is 0 Å². The molecule has 2 aromatic carbocycles. The maximum absolute atomic E-state index is 12.2. The minimum atomic E-state index is -0.0984. The molecule has 3 aromatic rings. The summed E-state index contributed by atoms with van der Waals surface area (Å²) in [6.45, 7) is 1.20. The largest absolute Gasteiger partial charge is 0.352 e. The summed E-state index contributed by atoms with van der Waals surface area (Å²) in [6.07, 6.45) is 4.32. The van der Waals surface area contributed by atoms with E-state index in [0.29, 0.717) is 35.1 Å². The van der Waals surface area contributed by atoms with Gasteiger partial charge in [-0.05, 0) is 53.9 Å². The topological polar surface area (TPSA) is 46.9 Å². The molecule has 0 aliphatic heterocycles. The Kier molecular flexibility index (Phi) is 5.74. The van der Waals surface area contributed by atoms with E-state index < -0.39 is 0 Å². The van der Waals surface area contributed by atoms with Crippen LogP contribution in [0.2, 0.25) is 10.0 Å². The van der Waals surface area contributed by atoms with Crippen LogP contribution in [0.15, 0.2) is 60.9 Å². The Morgan fingerprint density at radius 3 is 2.40 bits per heavy atom. The van der Waals surface area contributed by atoms with Crippen molar-refractivity contribution in [1.82, 2.24) is 15.1 Å². The van der Waals surface area contributed by atoms with Gasteiger partial charge in [-0.25, -0.2) is 0 Å². The SMILES string of the molecule is O=C(NCCc1cc(Cl)cc(Cl)c1)c1ccc(Cn2cccn2)cc1. The third-order valence-corrected chi connectivity index (χ3v) is 4.18. The number of amides is 1. The van der Waals surface area contributed by atoms with E-state index in [9.17, 15) is 4.79 Å². The smallest absolute Gasteiger partial charge is 0.251 e. The van der Waals surface area contributed by atoms with Crippen molar-refractivity contribution in [2.75, 3.05) is 6.54 Å². The molecule has 128 valence electrons. The maximum atomic E-state index is 12.2. The van der Waals surface area contributed by atoms with Crippen LogP contribution in [0.1, 0.15) is 21.5 Å². The predicted octanol–water partition coefficient (Wildman–Crippen LogP) is 4.21. The summed E-state index contributed by atoms with van der Waals surface area (Å²) in [5.41, 5.74) is 2.72. The molecule has 0 unspecified atom stereocenters. The van der Waals surface area contributed by atoms with Crippen LogP contribution < -0.4 is 5.32 Å². The van der Waals surface area contributed by atoms with Gasteiger partial charge in [-0.1, -0.05) is 35.3 Å². The summed E-state index contributed by atoms with van der Waals surface area (Å²) in [6, 6.07) is 14.8. The number of hydrogen-bond acceptors (Lipinski definition) is 2. The first-order valence-corrected chi connectivity index (χ1v) is 8.65. The normalized spacial score (nSPS) is 10.6. The molecule has 0 saturated carbocycles. The highest BCUT2D eigenvalue weighted by Crippen LogP contribution is 2.19. The Hall–Kier alpha value is -2.30. The van der Waals surface area contributed by atoms with Crippen molar-refractivity contribution in [2.24, 2.45) is 0 Å². The van der Waals surface area contributed by atoms with E-state index >= 15 is 0 Å². The molecule has 0 atom stereocenters. The molecule has 0 saturated heterocycles. The third kappa shape index (κ3) is 5.08. The zero-order chi connectivity index (χ0) is 17.6. The minimum Gasteiger partial charge on any atom is -0.352 e. The molecule has 4 nitrogen and oxygen atoms in total. The number of carbonyl (C=O) groups excluding carboxylic acids is 1. The maximum Gasteiger partial charge on any atom is 0.251 e. The van der Waals surface area contributed by atoms with Gasteiger partial charge in [-0.2, -0.15) is 5.10 Å². The van der Waals surface area contributed by atoms with E-state index in [1.165, 1.54) is 0 Å². The van der Waals surface area contributed by atoms with Crippen LogP contribution in [0.3, 0.4) is 0 Å². The van der Waals surface area contributed by atoms with Crippen molar-refractivity contribution in [3.8, 4) is 0 Å². The van der Waals surface area contributed by atoms with E-state index in [-0.39, 0.29) is 5.91 Å². The summed E-state index contributed by atoms with van der Waals surface area (Å²) < 4.78 is 1.84. The molecule has 1 aromatic heterocycles. The molecule has 1 N–H and O–H groups in total. The number of rotatable bonds is 6. The van der Waals surface area contributed by atoms with Crippen LogP contribution in [-0.4, -0.2) is 22.2 Å². The van der Waals surface area contributed by atoms with Gasteiger partial charge in [-0.3, -0.25) is 9.48 Å². The standard InChI is InChI=1S/C19H17Cl2N3O/c20-17-10-15(11-18(21)12-17)6-8-22-19(25)16-4-2-14(3-5-16)13-24-9-1-7-23-24/h1-5,7,9-12H,6,8,13H2,(H,22,25). The van der Waals surface area contributed by atoms with Gasteiger partial charge >= 0.3 is 0 Å².